The van der Waals surface area contributed by atoms with Crippen molar-refractivity contribution >= 4 is 34.0 Å². The maximum atomic E-state index is 13.9. The van der Waals surface area contributed by atoms with E-state index in [1.54, 1.807) is 28.5 Å². The van der Waals surface area contributed by atoms with Gasteiger partial charge in [0.15, 0.2) is 5.13 Å². The fourth-order valence-electron chi connectivity index (χ4n) is 4.38. The molecule has 0 spiro atoms. The lowest BCUT2D eigenvalue weighted by molar-refractivity contribution is -0.133. The van der Waals surface area contributed by atoms with Gasteiger partial charge in [0.25, 0.3) is 5.91 Å². The quantitative estimate of drug-likeness (QED) is 0.608. The topological polar surface area (TPSA) is 68.8 Å². The molecule has 7 nitrogen and oxygen atoms in total. The van der Waals surface area contributed by atoms with Crippen LogP contribution in [0, 0.1) is 5.82 Å². The van der Waals surface area contributed by atoms with E-state index in [1.807, 2.05) is 17.0 Å². The number of benzene rings is 2. The number of anilines is 2. The van der Waals surface area contributed by atoms with Crippen LogP contribution in [0.2, 0.25) is 0 Å². The van der Waals surface area contributed by atoms with Crippen molar-refractivity contribution in [1.29, 1.82) is 0 Å². The highest BCUT2D eigenvalue weighted by Gasteiger charge is 2.27. The van der Waals surface area contributed by atoms with Crippen LogP contribution in [0.15, 0.2) is 53.9 Å². The van der Waals surface area contributed by atoms with Gasteiger partial charge in [-0.05, 0) is 29.7 Å². The first-order chi connectivity index (χ1) is 16.6. The standard InChI is InChI=1S/C25H26FN5O2S/c26-20-7-3-4-8-21(20)27-25-28-22(17-34-25)24(33)30-13-11-29(12-14-30)16-23(32)31-10-9-18-5-1-2-6-19(18)15-31/h1-8,17H,9-16H2,(H,27,28). The molecule has 0 atom stereocenters. The Morgan fingerprint density at radius 1 is 0.941 bits per heavy atom. The highest BCUT2D eigenvalue weighted by Crippen LogP contribution is 2.24. The summed E-state index contributed by atoms with van der Waals surface area (Å²) in [4.78, 5) is 35.9. The van der Waals surface area contributed by atoms with Crippen LogP contribution in [0.5, 0.6) is 0 Å². The number of aromatic nitrogens is 1. The second kappa shape index (κ2) is 9.90. The van der Waals surface area contributed by atoms with E-state index in [1.165, 1.54) is 28.5 Å². The number of hydrogen-bond donors (Lipinski definition) is 1. The molecular formula is C25H26FN5O2S. The minimum absolute atomic E-state index is 0.137. The molecule has 1 fully saturated rings. The van der Waals surface area contributed by atoms with Crippen molar-refractivity contribution in [3.05, 3.63) is 76.5 Å². The first-order valence-electron chi connectivity index (χ1n) is 11.4. The number of nitrogens with one attached hydrogen (secondary N) is 1. The molecule has 176 valence electrons. The van der Waals surface area contributed by atoms with Gasteiger partial charge in [0, 0.05) is 44.6 Å². The number of piperazine rings is 1. The largest absolute Gasteiger partial charge is 0.337 e. The van der Waals surface area contributed by atoms with Crippen LogP contribution in [0.3, 0.4) is 0 Å². The van der Waals surface area contributed by atoms with Gasteiger partial charge >= 0.3 is 0 Å². The molecule has 0 radical (unpaired) electrons. The summed E-state index contributed by atoms with van der Waals surface area (Å²) in [6.07, 6.45) is 0.894. The first kappa shape index (κ1) is 22.5. The Morgan fingerprint density at radius 3 is 2.47 bits per heavy atom. The van der Waals surface area contributed by atoms with Crippen molar-refractivity contribution in [2.45, 2.75) is 13.0 Å². The Kier molecular flexibility index (Phi) is 6.55. The van der Waals surface area contributed by atoms with Crippen molar-refractivity contribution in [2.24, 2.45) is 0 Å². The number of carbonyl (C=O) groups excluding carboxylic acids is 2. The average molecular weight is 480 g/mol. The highest BCUT2D eigenvalue weighted by atomic mass is 32.1. The fraction of sp³-hybridized carbons (Fsp3) is 0.320. The Morgan fingerprint density at radius 2 is 1.68 bits per heavy atom. The molecule has 2 amide bonds. The summed E-state index contributed by atoms with van der Waals surface area (Å²) in [5.41, 5.74) is 3.23. The second-order valence-corrected chi connectivity index (χ2v) is 9.40. The third-order valence-corrected chi connectivity index (χ3v) is 7.10. The molecule has 1 N–H and O–H groups in total. The predicted molar refractivity (Wildman–Crippen MR) is 130 cm³/mol. The van der Waals surface area contributed by atoms with E-state index in [0.717, 1.165) is 13.0 Å². The third-order valence-electron chi connectivity index (χ3n) is 6.34. The summed E-state index contributed by atoms with van der Waals surface area (Å²) in [5.74, 6) is -0.376. The lowest BCUT2D eigenvalue weighted by Crippen LogP contribution is -2.52. The van der Waals surface area contributed by atoms with Gasteiger partial charge in [-0.1, -0.05) is 36.4 Å². The van der Waals surface area contributed by atoms with Gasteiger partial charge in [0.05, 0.1) is 12.2 Å². The van der Waals surface area contributed by atoms with E-state index in [2.05, 4.69) is 27.3 Å². The molecule has 2 aromatic carbocycles. The number of rotatable bonds is 5. The maximum absolute atomic E-state index is 13.9. The molecule has 2 aliphatic heterocycles. The van der Waals surface area contributed by atoms with Crippen LogP contribution in [-0.2, 0) is 17.8 Å². The SMILES string of the molecule is O=C(CN1CCN(C(=O)c2csc(Nc3ccccc3F)n2)CC1)N1CCc2ccccc2C1. The summed E-state index contributed by atoms with van der Waals surface area (Å²) in [7, 11) is 0. The van der Waals surface area contributed by atoms with Crippen molar-refractivity contribution in [3.8, 4) is 0 Å². The molecule has 1 aromatic heterocycles. The van der Waals surface area contributed by atoms with Gasteiger partial charge < -0.3 is 15.1 Å². The maximum Gasteiger partial charge on any atom is 0.273 e. The minimum Gasteiger partial charge on any atom is -0.337 e. The summed E-state index contributed by atoms with van der Waals surface area (Å²) >= 11 is 1.27. The van der Waals surface area contributed by atoms with E-state index >= 15 is 0 Å². The van der Waals surface area contributed by atoms with Gasteiger partial charge in [-0.2, -0.15) is 0 Å². The monoisotopic (exact) mass is 479 g/mol. The summed E-state index contributed by atoms with van der Waals surface area (Å²) < 4.78 is 13.9. The number of nitrogens with zero attached hydrogens (tertiary/aromatic N) is 4. The summed E-state index contributed by atoms with van der Waals surface area (Å²) in [6, 6.07) is 14.6. The highest BCUT2D eigenvalue weighted by molar-refractivity contribution is 7.14. The van der Waals surface area contributed by atoms with Crippen molar-refractivity contribution in [1.82, 2.24) is 19.7 Å². The number of para-hydroxylation sites is 1. The molecule has 1 saturated heterocycles. The molecule has 2 aliphatic rings. The van der Waals surface area contributed by atoms with Gasteiger partial charge in [0.2, 0.25) is 5.91 Å². The van der Waals surface area contributed by atoms with Crippen LogP contribution in [0.1, 0.15) is 21.6 Å². The van der Waals surface area contributed by atoms with E-state index in [0.29, 0.717) is 55.8 Å². The molecule has 3 aromatic rings. The average Bonchev–Trinajstić information content (AvgIpc) is 3.34. The number of halogens is 1. The molecule has 0 unspecified atom stereocenters. The predicted octanol–water partition coefficient (Wildman–Crippen LogP) is 3.37. The Balaban J connectivity index is 1.11. The molecule has 5 rings (SSSR count). The van der Waals surface area contributed by atoms with Crippen LogP contribution < -0.4 is 5.32 Å². The Hall–Kier alpha value is -3.30. The number of hydrogen-bond acceptors (Lipinski definition) is 6. The minimum atomic E-state index is -0.370. The molecule has 0 saturated carbocycles. The smallest absolute Gasteiger partial charge is 0.273 e. The van der Waals surface area contributed by atoms with Crippen molar-refractivity contribution in [2.75, 3.05) is 44.6 Å². The molecule has 0 bridgehead atoms. The van der Waals surface area contributed by atoms with Crippen LogP contribution >= 0.6 is 11.3 Å². The van der Waals surface area contributed by atoms with Crippen molar-refractivity contribution in [3.63, 3.8) is 0 Å². The fourth-order valence-corrected chi connectivity index (χ4v) is 5.07. The summed E-state index contributed by atoms with van der Waals surface area (Å²) in [5, 5.41) is 5.09. The van der Waals surface area contributed by atoms with E-state index < -0.39 is 0 Å². The van der Waals surface area contributed by atoms with Gasteiger partial charge in [-0.25, -0.2) is 9.37 Å². The summed E-state index contributed by atoms with van der Waals surface area (Å²) in [6.45, 7) is 4.17. The molecule has 0 aliphatic carbocycles. The van der Waals surface area contributed by atoms with Crippen LogP contribution in [0.4, 0.5) is 15.2 Å². The normalized spacial score (nSPS) is 16.3. The molecular weight excluding hydrogens is 453 g/mol. The van der Waals surface area contributed by atoms with Crippen LogP contribution in [-0.4, -0.2) is 70.8 Å². The zero-order valence-corrected chi connectivity index (χ0v) is 19.6. The number of amides is 2. The number of thiazole rings is 1. The van der Waals surface area contributed by atoms with Crippen LogP contribution in [0.25, 0.3) is 0 Å². The van der Waals surface area contributed by atoms with Gasteiger partial charge in [0.1, 0.15) is 11.5 Å². The van der Waals surface area contributed by atoms with E-state index in [9.17, 15) is 14.0 Å². The first-order valence-corrected chi connectivity index (χ1v) is 12.3. The second-order valence-electron chi connectivity index (χ2n) is 8.55. The number of carbonyl (C=O) groups is 2. The lowest BCUT2D eigenvalue weighted by atomic mass is 10.00. The van der Waals surface area contributed by atoms with E-state index in [-0.39, 0.29) is 17.6 Å². The van der Waals surface area contributed by atoms with Gasteiger partial charge in [-0.3, -0.25) is 14.5 Å². The van der Waals surface area contributed by atoms with Crippen molar-refractivity contribution < 1.29 is 14.0 Å². The molecule has 9 heteroatoms. The zero-order valence-electron chi connectivity index (χ0n) is 18.7. The van der Waals surface area contributed by atoms with Gasteiger partial charge in [-0.15, -0.1) is 11.3 Å². The van der Waals surface area contributed by atoms with E-state index in [4.69, 9.17) is 0 Å². The third kappa shape index (κ3) is 4.95. The lowest BCUT2D eigenvalue weighted by Gasteiger charge is -2.36. The Bertz CT molecular complexity index is 1190. The molecule has 3 heterocycles. The molecule has 34 heavy (non-hydrogen) atoms. The Labute approximate surface area is 201 Å². The zero-order chi connectivity index (χ0) is 23.5. The number of fused-ring (bicyclic) bond motifs is 1.